The van der Waals surface area contributed by atoms with Gasteiger partial charge < -0.3 is 9.84 Å². The quantitative estimate of drug-likeness (QED) is 0.896. The van der Waals surface area contributed by atoms with Crippen molar-refractivity contribution in [3.8, 4) is 0 Å². The standard InChI is InChI=1S/C15H22N2O3/c1-10-12(6-7-13(18)19)11(2)17-14(16-10)15(20-3)8-4-5-9-15/h4-9H2,1-3H3,(H,18,19). The molecule has 1 aliphatic carbocycles. The van der Waals surface area contributed by atoms with E-state index in [1.165, 1.54) is 0 Å². The first-order valence-corrected chi connectivity index (χ1v) is 7.10. The number of carbonyl (C=O) groups is 1. The van der Waals surface area contributed by atoms with E-state index in [-0.39, 0.29) is 12.0 Å². The third-order valence-corrected chi connectivity index (χ3v) is 4.22. The molecule has 1 fully saturated rings. The van der Waals surface area contributed by atoms with Crippen LogP contribution in [0.3, 0.4) is 0 Å². The van der Waals surface area contributed by atoms with Crippen molar-refractivity contribution in [2.75, 3.05) is 7.11 Å². The molecule has 2 rings (SSSR count). The zero-order valence-corrected chi connectivity index (χ0v) is 12.4. The summed E-state index contributed by atoms with van der Waals surface area (Å²) in [5, 5.41) is 8.80. The van der Waals surface area contributed by atoms with Crippen molar-refractivity contribution in [2.24, 2.45) is 0 Å². The van der Waals surface area contributed by atoms with Gasteiger partial charge in [0.25, 0.3) is 0 Å². The van der Waals surface area contributed by atoms with Gasteiger partial charge >= 0.3 is 5.97 Å². The van der Waals surface area contributed by atoms with Crippen molar-refractivity contribution >= 4 is 5.97 Å². The minimum absolute atomic E-state index is 0.111. The predicted molar refractivity (Wildman–Crippen MR) is 74.6 cm³/mol. The summed E-state index contributed by atoms with van der Waals surface area (Å²) in [5.74, 6) is -0.0383. The Morgan fingerprint density at radius 2 is 1.80 bits per heavy atom. The highest BCUT2D eigenvalue weighted by Crippen LogP contribution is 2.40. The van der Waals surface area contributed by atoms with Gasteiger partial charge in [-0.15, -0.1) is 0 Å². The lowest BCUT2D eigenvalue weighted by atomic mass is 9.99. The Bertz CT molecular complexity index is 485. The van der Waals surface area contributed by atoms with Gasteiger partial charge in [-0.2, -0.15) is 0 Å². The molecule has 1 saturated carbocycles. The molecule has 1 N–H and O–H groups in total. The molecule has 0 atom stereocenters. The first-order chi connectivity index (χ1) is 9.48. The van der Waals surface area contributed by atoms with Crippen molar-refractivity contribution in [3.63, 3.8) is 0 Å². The minimum Gasteiger partial charge on any atom is -0.481 e. The fraction of sp³-hybridized carbons (Fsp3) is 0.667. The molecule has 0 radical (unpaired) electrons. The van der Waals surface area contributed by atoms with Crippen LogP contribution in [0.25, 0.3) is 0 Å². The summed E-state index contributed by atoms with van der Waals surface area (Å²) in [6, 6.07) is 0. The van der Waals surface area contributed by atoms with Crippen molar-refractivity contribution in [2.45, 2.75) is 58.0 Å². The van der Waals surface area contributed by atoms with Crippen LogP contribution in [0, 0.1) is 13.8 Å². The summed E-state index contributed by atoms with van der Waals surface area (Å²) in [5.41, 5.74) is 2.34. The number of aryl methyl sites for hydroxylation is 2. The number of hydrogen-bond donors (Lipinski definition) is 1. The fourth-order valence-electron chi connectivity index (χ4n) is 3.00. The fourth-order valence-corrected chi connectivity index (χ4v) is 3.00. The maximum atomic E-state index is 10.7. The van der Waals surface area contributed by atoms with Crippen molar-refractivity contribution in [1.82, 2.24) is 9.97 Å². The molecule has 1 aromatic heterocycles. The molecule has 20 heavy (non-hydrogen) atoms. The van der Waals surface area contributed by atoms with Gasteiger partial charge in [0, 0.05) is 24.9 Å². The molecule has 0 unspecified atom stereocenters. The molecule has 0 aromatic carbocycles. The van der Waals surface area contributed by atoms with Gasteiger partial charge in [0.2, 0.25) is 0 Å². The molecular weight excluding hydrogens is 256 g/mol. The molecule has 5 nitrogen and oxygen atoms in total. The van der Waals surface area contributed by atoms with Gasteiger partial charge in [0.1, 0.15) is 5.60 Å². The van der Waals surface area contributed by atoms with E-state index in [1.807, 2.05) is 13.8 Å². The average molecular weight is 278 g/mol. The third-order valence-electron chi connectivity index (χ3n) is 4.22. The lowest BCUT2D eigenvalue weighted by Gasteiger charge is -2.26. The van der Waals surface area contributed by atoms with Crippen LogP contribution in [0.1, 0.15) is 54.9 Å². The van der Waals surface area contributed by atoms with Crippen molar-refractivity contribution in [3.05, 3.63) is 22.8 Å². The molecular formula is C15H22N2O3. The van der Waals surface area contributed by atoms with Crippen LogP contribution in [0.15, 0.2) is 0 Å². The van der Waals surface area contributed by atoms with E-state index in [0.717, 1.165) is 48.5 Å². The number of aromatic nitrogens is 2. The second kappa shape index (κ2) is 5.87. The molecule has 0 spiro atoms. The van der Waals surface area contributed by atoms with Crippen LogP contribution in [-0.4, -0.2) is 28.2 Å². The first-order valence-electron chi connectivity index (χ1n) is 7.10. The Hall–Kier alpha value is -1.49. The molecule has 1 heterocycles. The highest BCUT2D eigenvalue weighted by atomic mass is 16.5. The van der Waals surface area contributed by atoms with E-state index in [0.29, 0.717) is 6.42 Å². The SMILES string of the molecule is COC1(c2nc(C)c(CCC(=O)O)c(C)n2)CCCC1. The van der Waals surface area contributed by atoms with Crippen molar-refractivity contribution in [1.29, 1.82) is 0 Å². The molecule has 5 heteroatoms. The van der Waals surface area contributed by atoms with Crippen molar-refractivity contribution < 1.29 is 14.6 Å². The first kappa shape index (κ1) is 14.9. The lowest BCUT2D eigenvalue weighted by molar-refractivity contribution is -0.136. The number of carboxylic acid groups (broad SMARTS) is 1. The highest BCUT2D eigenvalue weighted by Gasteiger charge is 2.39. The van der Waals surface area contributed by atoms with E-state index in [2.05, 4.69) is 9.97 Å². The molecule has 0 amide bonds. The Morgan fingerprint density at radius 3 is 2.25 bits per heavy atom. The third kappa shape index (κ3) is 2.82. The number of rotatable bonds is 5. The van der Waals surface area contributed by atoms with Crippen LogP contribution >= 0.6 is 0 Å². The monoisotopic (exact) mass is 278 g/mol. The van der Waals surface area contributed by atoms with Gasteiger partial charge in [-0.05, 0) is 51.5 Å². The van der Waals surface area contributed by atoms with E-state index in [1.54, 1.807) is 7.11 Å². The number of ether oxygens (including phenoxy) is 1. The Balaban J connectivity index is 2.32. The van der Waals surface area contributed by atoms with E-state index in [4.69, 9.17) is 9.84 Å². The van der Waals surface area contributed by atoms with Crippen LogP contribution in [-0.2, 0) is 21.6 Å². The van der Waals surface area contributed by atoms with Gasteiger partial charge in [-0.25, -0.2) is 9.97 Å². The number of aliphatic carboxylic acids is 1. The summed E-state index contributed by atoms with van der Waals surface area (Å²) in [6.45, 7) is 3.85. The summed E-state index contributed by atoms with van der Waals surface area (Å²) in [6.07, 6.45) is 4.77. The van der Waals surface area contributed by atoms with Crippen LogP contribution in [0.4, 0.5) is 0 Å². The topological polar surface area (TPSA) is 72.3 Å². The molecule has 1 aliphatic rings. The minimum atomic E-state index is -0.794. The lowest BCUT2D eigenvalue weighted by Crippen LogP contribution is -2.28. The van der Waals surface area contributed by atoms with Crippen LogP contribution in [0.2, 0.25) is 0 Å². The normalized spacial score (nSPS) is 17.4. The molecule has 0 saturated heterocycles. The predicted octanol–water partition coefficient (Wildman–Crippen LogP) is 2.53. The summed E-state index contributed by atoms with van der Waals surface area (Å²) in [4.78, 5) is 19.9. The van der Waals surface area contributed by atoms with E-state index in [9.17, 15) is 4.79 Å². The number of nitrogens with zero attached hydrogens (tertiary/aromatic N) is 2. The van der Waals surface area contributed by atoms with Crippen LogP contribution < -0.4 is 0 Å². The van der Waals surface area contributed by atoms with E-state index >= 15 is 0 Å². The Morgan fingerprint density at radius 1 is 1.25 bits per heavy atom. The smallest absolute Gasteiger partial charge is 0.303 e. The molecule has 1 aromatic rings. The Kier molecular flexibility index (Phi) is 4.38. The summed E-state index contributed by atoms with van der Waals surface area (Å²) < 4.78 is 5.71. The largest absolute Gasteiger partial charge is 0.481 e. The second-order valence-corrected chi connectivity index (χ2v) is 5.50. The number of hydrogen-bond acceptors (Lipinski definition) is 4. The Labute approximate surface area is 119 Å². The average Bonchev–Trinajstić information content (AvgIpc) is 2.87. The van der Waals surface area contributed by atoms with Gasteiger partial charge in [-0.1, -0.05) is 0 Å². The maximum Gasteiger partial charge on any atom is 0.303 e. The summed E-state index contributed by atoms with van der Waals surface area (Å²) in [7, 11) is 1.72. The summed E-state index contributed by atoms with van der Waals surface area (Å²) >= 11 is 0. The van der Waals surface area contributed by atoms with Gasteiger partial charge in [0.05, 0.1) is 0 Å². The highest BCUT2D eigenvalue weighted by molar-refractivity contribution is 5.67. The number of carboxylic acids is 1. The van der Waals surface area contributed by atoms with Gasteiger partial charge in [0.15, 0.2) is 5.82 Å². The maximum absolute atomic E-state index is 10.7. The molecule has 0 bridgehead atoms. The van der Waals surface area contributed by atoms with Gasteiger partial charge in [-0.3, -0.25) is 4.79 Å². The second-order valence-electron chi connectivity index (χ2n) is 5.50. The molecule has 0 aliphatic heterocycles. The van der Waals surface area contributed by atoms with Crippen LogP contribution in [0.5, 0.6) is 0 Å². The number of methoxy groups -OCH3 is 1. The zero-order chi connectivity index (χ0) is 14.8. The molecule has 110 valence electrons. The zero-order valence-electron chi connectivity index (χ0n) is 12.4. The van der Waals surface area contributed by atoms with E-state index < -0.39 is 5.97 Å².